The Morgan fingerprint density at radius 1 is 1.36 bits per heavy atom. The van der Waals surface area contributed by atoms with Crippen LogP contribution in [0.2, 0.25) is 0 Å². The van der Waals surface area contributed by atoms with E-state index in [-0.39, 0.29) is 23.6 Å². The van der Waals surface area contributed by atoms with Gasteiger partial charge in [0.15, 0.2) is 11.5 Å². The van der Waals surface area contributed by atoms with Gasteiger partial charge >= 0.3 is 5.97 Å². The topological polar surface area (TPSA) is 104 Å². The number of hydrogen-bond donors (Lipinski definition) is 1. The summed E-state index contributed by atoms with van der Waals surface area (Å²) in [6.45, 7) is 4.17. The molecule has 7 nitrogen and oxygen atoms in total. The van der Waals surface area contributed by atoms with E-state index in [1.807, 2.05) is 0 Å². The lowest BCUT2D eigenvalue weighted by Gasteiger charge is -2.27. The van der Waals surface area contributed by atoms with Crippen molar-refractivity contribution in [2.45, 2.75) is 32.6 Å². The first-order chi connectivity index (χ1) is 13.5. The minimum atomic E-state index is -0.702. The van der Waals surface area contributed by atoms with E-state index in [1.54, 1.807) is 39.2 Å². The lowest BCUT2D eigenvalue weighted by Crippen LogP contribution is -2.25. The van der Waals surface area contributed by atoms with Crippen LogP contribution >= 0.6 is 0 Å². The number of benzene rings is 1. The monoisotopic (exact) mass is 384 g/mol. The maximum absolute atomic E-state index is 12.6. The van der Waals surface area contributed by atoms with E-state index in [2.05, 4.69) is 6.07 Å². The second-order valence-electron chi connectivity index (χ2n) is 6.78. The van der Waals surface area contributed by atoms with Crippen molar-refractivity contribution in [3.8, 4) is 17.6 Å². The van der Waals surface area contributed by atoms with Gasteiger partial charge in [0, 0.05) is 0 Å². The van der Waals surface area contributed by atoms with Crippen LogP contribution in [-0.2, 0) is 14.3 Å². The Morgan fingerprint density at radius 3 is 2.71 bits per heavy atom. The summed E-state index contributed by atoms with van der Waals surface area (Å²) in [6.07, 6.45) is 2.32. The maximum atomic E-state index is 12.6. The Labute approximate surface area is 164 Å². The predicted molar refractivity (Wildman–Crippen MR) is 101 cm³/mol. The van der Waals surface area contributed by atoms with Crippen molar-refractivity contribution in [1.29, 1.82) is 5.26 Å². The van der Waals surface area contributed by atoms with Gasteiger partial charge in [0.1, 0.15) is 17.4 Å². The summed E-state index contributed by atoms with van der Waals surface area (Å²) in [5.41, 5.74) is 7.03. The minimum Gasteiger partial charge on any atom is -0.493 e. The second kappa shape index (κ2) is 8.26. The van der Waals surface area contributed by atoms with Gasteiger partial charge in [-0.05, 0) is 50.3 Å². The zero-order valence-corrected chi connectivity index (χ0v) is 16.3. The molecule has 148 valence electrons. The molecule has 0 spiro atoms. The number of nitrogens with two attached hydrogens (primary N) is 1. The molecular formula is C21H24N2O5. The van der Waals surface area contributed by atoms with Gasteiger partial charge in [-0.1, -0.05) is 6.07 Å². The Morgan fingerprint density at radius 2 is 2.11 bits per heavy atom. The first kappa shape index (κ1) is 19.6. The van der Waals surface area contributed by atoms with Crippen molar-refractivity contribution in [1.82, 2.24) is 0 Å². The van der Waals surface area contributed by atoms with Crippen LogP contribution in [0.5, 0.6) is 11.5 Å². The average Bonchev–Trinajstić information content (AvgIpc) is 3.50. The van der Waals surface area contributed by atoms with Crippen LogP contribution in [0.4, 0.5) is 0 Å². The summed E-state index contributed by atoms with van der Waals surface area (Å²) >= 11 is 0. The molecule has 2 aliphatic rings. The zero-order valence-electron chi connectivity index (χ0n) is 16.3. The molecule has 1 saturated carbocycles. The molecular weight excluding hydrogens is 360 g/mol. The van der Waals surface area contributed by atoms with Crippen molar-refractivity contribution >= 4 is 5.97 Å². The van der Waals surface area contributed by atoms with E-state index < -0.39 is 11.9 Å². The second-order valence-corrected chi connectivity index (χ2v) is 6.78. The van der Waals surface area contributed by atoms with Crippen molar-refractivity contribution in [3.05, 3.63) is 46.6 Å². The summed E-state index contributed by atoms with van der Waals surface area (Å²) in [4.78, 5) is 12.6. The molecule has 1 unspecified atom stereocenters. The molecule has 2 N–H and O–H groups in total. The number of ether oxygens (including phenoxy) is 4. The van der Waals surface area contributed by atoms with E-state index >= 15 is 0 Å². The van der Waals surface area contributed by atoms with Gasteiger partial charge in [-0.25, -0.2) is 4.79 Å². The van der Waals surface area contributed by atoms with Gasteiger partial charge in [0.05, 0.1) is 31.8 Å². The third-order valence-corrected chi connectivity index (χ3v) is 4.79. The fourth-order valence-corrected chi connectivity index (χ4v) is 3.17. The molecule has 0 amide bonds. The number of carbonyl (C=O) groups excluding carboxylic acids is 1. The number of hydrogen-bond acceptors (Lipinski definition) is 7. The third-order valence-electron chi connectivity index (χ3n) is 4.79. The Kier molecular flexibility index (Phi) is 5.78. The smallest absolute Gasteiger partial charge is 0.338 e. The summed E-state index contributed by atoms with van der Waals surface area (Å²) < 4.78 is 22.0. The first-order valence-corrected chi connectivity index (χ1v) is 9.26. The van der Waals surface area contributed by atoms with E-state index in [1.165, 1.54) is 0 Å². The molecule has 0 bridgehead atoms. The number of nitriles is 1. The number of methoxy groups -OCH3 is 1. The van der Waals surface area contributed by atoms with Crippen LogP contribution in [0.25, 0.3) is 0 Å². The number of allylic oxidation sites excluding steroid dienone is 2. The van der Waals surface area contributed by atoms with Gasteiger partial charge in [-0.3, -0.25) is 0 Å². The molecule has 0 aromatic heterocycles. The molecule has 1 heterocycles. The normalized spacial score (nSPS) is 19.0. The van der Waals surface area contributed by atoms with Crippen molar-refractivity contribution < 1.29 is 23.7 Å². The molecule has 3 rings (SSSR count). The average molecular weight is 384 g/mol. The Hall–Kier alpha value is -3.14. The molecule has 1 aromatic carbocycles. The molecule has 0 radical (unpaired) electrons. The van der Waals surface area contributed by atoms with Gasteiger partial charge in [0.25, 0.3) is 0 Å². The van der Waals surface area contributed by atoms with Crippen molar-refractivity contribution in [3.63, 3.8) is 0 Å². The molecule has 1 aliphatic carbocycles. The van der Waals surface area contributed by atoms with E-state index in [4.69, 9.17) is 24.7 Å². The van der Waals surface area contributed by atoms with Gasteiger partial charge in [-0.2, -0.15) is 5.26 Å². The molecule has 1 aromatic rings. The van der Waals surface area contributed by atoms with Crippen LogP contribution in [-0.4, -0.2) is 26.3 Å². The predicted octanol–water partition coefficient (Wildman–Crippen LogP) is 3.13. The molecule has 0 saturated heterocycles. The molecule has 28 heavy (non-hydrogen) atoms. The summed E-state index contributed by atoms with van der Waals surface area (Å²) in [6, 6.07) is 7.41. The highest BCUT2D eigenvalue weighted by Crippen LogP contribution is 2.42. The summed E-state index contributed by atoms with van der Waals surface area (Å²) in [5, 5.41) is 9.66. The van der Waals surface area contributed by atoms with Crippen molar-refractivity contribution in [2.24, 2.45) is 11.7 Å². The van der Waals surface area contributed by atoms with Crippen LogP contribution in [0.3, 0.4) is 0 Å². The van der Waals surface area contributed by atoms with Crippen LogP contribution in [0.1, 0.15) is 38.2 Å². The summed E-state index contributed by atoms with van der Waals surface area (Å²) in [5.74, 6) is 0.776. The maximum Gasteiger partial charge on any atom is 0.338 e. The number of esters is 1. The first-order valence-electron chi connectivity index (χ1n) is 9.26. The fourth-order valence-electron chi connectivity index (χ4n) is 3.17. The van der Waals surface area contributed by atoms with Crippen LogP contribution < -0.4 is 15.2 Å². The Bertz CT molecular complexity index is 877. The summed E-state index contributed by atoms with van der Waals surface area (Å²) in [7, 11) is 1.57. The molecule has 1 fully saturated rings. The zero-order chi connectivity index (χ0) is 20.3. The molecule has 1 atom stereocenters. The van der Waals surface area contributed by atoms with Gasteiger partial charge in [-0.15, -0.1) is 0 Å². The highest BCUT2D eigenvalue weighted by Gasteiger charge is 2.36. The molecule has 7 heteroatoms. The fraction of sp³-hybridized carbons (Fsp3) is 0.429. The lowest BCUT2D eigenvalue weighted by molar-refractivity contribution is -0.139. The van der Waals surface area contributed by atoms with Gasteiger partial charge in [0.2, 0.25) is 5.88 Å². The standard InChI is InChI=1S/C21H24N2O5/c1-4-26-21(24)18-12(2)28-20(23)15(10-22)19(18)14-7-8-16(25-3)17(9-14)27-11-13-5-6-13/h7-9,13,19H,4-6,11,23H2,1-3H3. The SMILES string of the molecule is CCOC(=O)C1=C(C)OC(N)=C(C#N)C1c1ccc(OC)c(OCC2CC2)c1. The highest BCUT2D eigenvalue weighted by atomic mass is 16.5. The lowest BCUT2D eigenvalue weighted by atomic mass is 9.83. The van der Waals surface area contributed by atoms with E-state index in [9.17, 15) is 10.1 Å². The minimum absolute atomic E-state index is 0.0192. The van der Waals surface area contributed by atoms with Crippen LogP contribution in [0, 0.1) is 17.2 Å². The highest BCUT2D eigenvalue weighted by molar-refractivity contribution is 5.92. The molecule has 1 aliphatic heterocycles. The number of nitrogens with zero attached hydrogens (tertiary/aromatic N) is 1. The van der Waals surface area contributed by atoms with Gasteiger partial charge < -0.3 is 24.7 Å². The largest absolute Gasteiger partial charge is 0.493 e. The number of carbonyl (C=O) groups is 1. The quantitative estimate of drug-likeness (QED) is 0.720. The van der Waals surface area contributed by atoms with Crippen LogP contribution in [0.15, 0.2) is 41.0 Å². The van der Waals surface area contributed by atoms with E-state index in [0.29, 0.717) is 35.3 Å². The van der Waals surface area contributed by atoms with Crippen molar-refractivity contribution in [2.75, 3.05) is 20.3 Å². The number of rotatable bonds is 7. The third kappa shape index (κ3) is 3.91. The van der Waals surface area contributed by atoms with E-state index in [0.717, 1.165) is 12.8 Å². The Balaban J connectivity index is 2.05.